The van der Waals surface area contributed by atoms with Gasteiger partial charge in [0.05, 0.1) is 0 Å². The Morgan fingerprint density at radius 1 is 0.382 bits per heavy atom. The molecule has 9 aromatic rings. The number of para-hydroxylation sites is 2. The van der Waals surface area contributed by atoms with E-state index in [2.05, 4.69) is 273 Å². The van der Waals surface area contributed by atoms with E-state index in [1.165, 1.54) is 27.5 Å². The number of allylic oxidation sites excluding steroid dienone is 8. The minimum atomic E-state index is 1.03. The summed E-state index contributed by atoms with van der Waals surface area (Å²) >= 11 is 0. The number of anilines is 6. The van der Waals surface area contributed by atoms with Crippen molar-refractivity contribution >= 4 is 56.0 Å². The van der Waals surface area contributed by atoms with Gasteiger partial charge in [-0.15, -0.1) is 0 Å². The summed E-state index contributed by atoms with van der Waals surface area (Å²) < 4.78 is 0. The highest BCUT2D eigenvalue weighted by atomic mass is 15.1. The Morgan fingerprint density at radius 3 is 1.35 bits per heavy atom. The van der Waals surface area contributed by atoms with Crippen molar-refractivity contribution in [2.24, 2.45) is 0 Å². The maximum atomic E-state index is 4.03. The van der Waals surface area contributed by atoms with Crippen LogP contribution in [0, 0.1) is 0 Å². The molecule has 0 N–H and O–H groups in total. The van der Waals surface area contributed by atoms with Crippen LogP contribution in [0.3, 0.4) is 0 Å². The summed E-state index contributed by atoms with van der Waals surface area (Å²) in [5.41, 5.74) is 18.0. The highest BCUT2D eigenvalue weighted by molar-refractivity contribution is 5.94. The highest BCUT2D eigenvalue weighted by Gasteiger charge is 2.18. The third kappa shape index (κ3) is 10.2. The molecule has 2 nitrogen and oxygen atoms in total. The fourth-order valence-electron chi connectivity index (χ4n) is 8.77. The van der Waals surface area contributed by atoms with Crippen LogP contribution in [0.15, 0.2) is 268 Å². The number of rotatable bonds is 14. The van der Waals surface area contributed by atoms with Crippen LogP contribution in [0.1, 0.15) is 38.8 Å². The molecule has 332 valence electrons. The normalized spacial score (nSPS) is 11.5. The predicted molar refractivity (Wildman–Crippen MR) is 298 cm³/mol. The van der Waals surface area contributed by atoms with Gasteiger partial charge in [-0.3, -0.25) is 0 Å². The molecule has 0 spiro atoms. The molecule has 0 aliphatic heterocycles. The van der Waals surface area contributed by atoms with Gasteiger partial charge < -0.3 is 9.80 Å². The summed E-state index contributed by atoms with van der Waals surface area (Å²) in [4.78, 5) is 4.64. The highest BCUT2D eigenvalue weighted by Crippen LogP contribution is 2.42. The summed E-state index contributed by atoms with van der Waals surface area (Å²) in [6, 6.07) is 78.8. The topological polar surface area (TPSA) is 6.48 Å². The molecule has 0 aliphatic rings. The molecule has 0 fully saturated rings. The molecule has 9 aromatic carbocycles. The average molecular weight is 879 g/mol. The van der Waals surface area contributed by atoms with E-state index in [0.717, 1.165) is 73.1 Å². The maximum Gasteiger partial charge on any atom is 0.0468 e. The largest absolute Gasteiger partial charge is 0.311 e. The fraction of sp³-hybridized carbons (Fsp3) is 0.0606. The smallest absolute Gasteiger partial charge is 0.0468 e. The number of nitrogens with zero attached hydrogens (tertiary/aromatic N) is 2. The summed E-state index contributed by atoms with van der Waals surface area (Å²) in [7, 11) is 0. The van der Waals surface area contributed by atoms with Crippen LogP contribution in [0.2, 0.25) is 0 Å². The molecule has 0 atom stereocenters. The van der Waals surface area contributed by atoms with Gasteiger partial charge in [0.2, 0.25) is 0 Å². The van der Waals surface area contributed by atoms with Gasteiger partial charge >= 0.3 is 0 Å². The molecule has 9 rings (SSSR count). The minimum Gasteiger partial charge on any atom is -0.311 e. The second-order valence-electron chi connectivity index (χ2n) is 16.2. The van der Waals surface area contributed by atoms with Crippen molar-refractivity contribution in [3.05, 3.63) is 279 Å². The lowest BCUT2D eigenvalue weighted by Gasteiger charge is -2.27. The van der Waals surface area contributed by atoms with Crippen LogP contribution in [0.4, 0.5) is 34.1 Å². The second kappa shape index (κ2) is 22.2. The van der Waals surface area contributed by atoms with Crippen molar-refractivity contribution in [1.29, 1.82) is 0 Å². The zero-order chi connectivity index (χ0) is 47.2. The Bertz CT molecular complexity index is 3190. The Labute approximate surface area is 404 Å². The molecule has 0 amide bonds. The van der Waals surface area contributed by atoms with Gasteiger partial charge in [-0.2, -0.15) is 0 Å². The molecule has 68 heavy (non-hydrogen) atoms. The van der Waals surface area contributed by atoms with Crippen LogP contribution >= 0.6 is 0 Å². The fourth-order valence-corrected chi connectivity index (χ4v) is 8.77. The van der Waals surface area contributed by atoms with E-state index >= 15 is 0 Å². The molecule has 0 heterocycles. The number of benzene rings is 9. The van der Waals surface area contributed by atoms with Gasteiger partial charge in [0, 0.05) is 34.1 Å². The van der Waals surface area contributed by atoms with Crippen LogP contribution in [-0.4, -0.2) is 0 Å². The van der Waals surface area contributed by atoms with Crippen molar-refractivity contribution in [2.75, 3.05) is 9.80 Å². The number of hydrogen-bond donors (Lipinski definition) is 0. The van der Waals surface area contributed by atoms with Gasteiger partial charge in [0.15, 0.2) is 0 Å². The average Bonchev–Trinajstić information content (AvgIpc) is 3.41. The van der Waals surface area contributed by atoms with Crippen LogP contribution in [0.5, 0.6) is 0 Å². The van der Waals surface area contributed by atoms with Gasteiger partial charge in [-0.1, -0.05) is 203 Å². The predicted octanol–water partition coefficient (Wildman–Crippen LogP) is 19.5. The van der Waals surface area contributed by atoms with Crippen molar-refractivity contribution in [2.45, 2.75) is 27.7 Å². The lowest BCUT2D eigenvalue weighted by Crippen LogP contribution is -2.10. The van der Waals surface area contributed by atoms with Gasteiger partial charge in [-0.05, 0) is 159 Å². The molecular weight excluding hydrogens is 821 g/mol. The van der Waals surface area contributed by atoms with Crippen LogP contribution in [0.25, 0.3) is 55.3 Å². The molecule has 0 aromatic heterocycles. The second-order valence-corrected chi connectivity index (χ2v) is 16.2. The van der Waals surface area contributed by atoms with E-state index in [4.69, 9.17) is 0 Å². The first kappa shape index (κ1) is 46.1. The Kier molecular flexibility index (Phi) is 15.0. The van der Waals surface area contributed by atoms with E-state index in [1.807, 2.05) is 26.0 Å². The number of hydrogen-bond acceptors (Lipinski definition) is 2. The molecule has 0 saturated heterocycles. The summed E-state index contributed by atoms with van der Waals surface area (Å²) in [6.07, 6.45) is 12.0. The lowest BCUT2D eigenvalue weighted by molar-refractivity contribution is 1.28. The Hall–Kier alpha value is -8.46. The molecule has 0 aliphatic carbocycles. The van der Waals surface area contributed by atoms with Crippen LogP contribution in [-0.2, 0) is 0 Å². The first-order valence-corrected chi connectivity index (χ1v) is 23.5. The van der Waals surface area contributed by atoms with Gasteiger partial charge in [0.1, 0.15) is 0 Å². The van der Waals surface area contributed by atoms with Crippen molar-refractivity contribution < 1.29 is 0 Å². The molecule has 0 saturated carbocycles. The summed E-state index contributed by atoms with van der Waals surface area (Å²) in [5.74, 6) is 0. The maximum absolute atomic E-state index is 4.03. The first-order valence-electron chi connectivity index (χ1n) is 23.5. The molecular formula is C66H58N2. The molecule has 0 bridgehead atoms. The van der Waals surface area contributed by atoms with Gasteiger partial charge in [-0.25, -0.2) is 0 Å². The van der Waals surface area contributed by atoms with Crippen molar-refractivity contribution in [3.63, 3.8) is 0 Å². The van der Waals surface area contributed by atoms with Crippen molar-refractivity contribution in [3.8, 4) is 33.4 Å². The molecule has 0 radical (unpaired) electrons. The monoisotopic (exact) mass is 878 g/mol. The zero-order valence-electron chi connectivity index (χ0n) is 39.6. The van der Waals surface area contributed by atoms with E-state index in [-0.39, 0.29) is 0 Å². The molecule has 0 unspecified atom stereocenters. The minimum absolute atomic E-state index is 1.03. The zero-order valence-corrected chi connectivity index (χ0v) is 39.6. The summed E-state index contributed by atoms with van der Waals surface area (Å²) in [5, 5.41) is 2.43. The van der Waals surface area contributed by atoms with Crippen LogP contribution < -0.4 is 9.80 Å². The third-order valence-corrected chi connectivity index (χ3v) is 12.1. The van der Waals surface area contributed by atoms with Gasteiger partial charge in [0.25, 0.3) is 0 Å². The Morgan fingerprint density at radius 2 is 0.824 bits per heavy atom. The van der Waals surface area contributed by atoms with E-state index in [1.54, 1.807) is 6.08 Å². The lowest BCUT2D eigenvalue weighted by atomic mass is 9.91. The Balaban J connectivity index is 0.00000308. The molecule has 2 heteroatoms. The third-order valence-electron chi connectivity index (χ3n) is 12.1. The van der Waals surface area contributed by atoms with E-state index in [0.29, 0.717) is 0 Å². The number of fused-ring (bicyclic) bond motifs is 1. The first-order chi connectivity index (χ1) is 33.5. The van der Waals surface area contributed by atoms with E-state index < -0.39 is 0 Å². The quantitative estimate of drug-likeness (QED) is 0.100. The van der Waals surface area contributed by atoms with Crippen molar-refractivity contribution in [1.82, 2.24) is 0 Å². The standard InChI is InChI=1S/C64H52N2.C2H6/c1-5-17-47(7-3)50-31-37-59(38-32-50)65(57-21-11-9-12-22-57)60-41-35-53(36-42-60)52-25-28-54(29-26-52)63-44-43-62(46-64(63)56-30-27-49-19-15-16-20-55(49)45-56)66(58-23-13-10-14-24-58)61-39-33-51(34-40-61)48(8-4)18-6-2;1-2/h5-46H,2,4H2,1,3H3;1-2H3/b17-5-,47-7+,48-18+;. The summed E-state index contributed by atoms with van der Waals surface area (Å²) in [6.45, 7) is 16.1. The SMILES string of the molecule is C=C/C=C(\C=C)c1ccc(N(c2ccccc2)c2ccc(-c3ccc(-c4ccc(N(c5ccccc5)c5ccc(C(/C=C\C)=C/C)cc5)cc4)cc3)c(-c3ccc4ccccc4c3)c2)cc1.CC. The van der Waals surface area contributed by atoms with E-state index in [9.17, 15) is 0 Å².